The highest BCUT2D eigenvalue weighted by atomic mass is 32.1. The molecule has 8 nitrogen and oxygen atoms in total. The summed E-state index contributed by atoms with van der Waals surface area (Å²) in [6.45, 7) is -1.07. The van der Waals surface area contributed by atoms with Crippen molar-refractivity contribution in [2.45, 2.75) is 18.3 Å². The maximum absolute atomic E-state index is 11.0. The number of carbonyl (C=O) groups is 1. The molecule has 0 fully saturated rings. The number of carbonyl (C=O) groups excluding carboxylic acids is 1. The van der Waals surface area contributed by atoms with Crippen LogP contribution >= 0.6 is 20.5 Å². The summed E-state index contributed by atoms with van der Waals surface area (Å²) in [5.74, 6) is -1.35. The molecule has 0 bridgehead atoms. The Kier molecular flexibility index (Phi) is 6.68. The van der Waals surface area contributed by atoms with Gasteiger partial charge in [0.05, 0.1) is 6.10 Å². The minimum absolute atomic E-state index is 0.190. The molecule has 16 heavy (non-hydrogen) atoms. The molecule has 0 saturated carbocycles. The molecular weight excluding hydrogens is 263 g/mol. The van der Waals surface area contributed by atoms with Crippen LogP contribution in [0.5, 0.6) is 0 Å². The summed E-state index contributed by atoms with van der Waals surface area (Å²) in [7, 11) is -4.81. The Balaban J connectivity index is 4.23. The molecule has 0 rings (SSSR count). The van der Waals surface area contributed by atoms with Gasteiger partial charge in [0.15, 0.2) is 5.78 Å². The molecule has 0 aliphatic carbocycles. The zero-order chi connectivity index (χ0) is 12.9. The van der Waals surface area contributed by atoms with Crippen molar-refractivity contribution in [3.63, 3.8) is 0 Å². The van der Waals surface area contributed by atoms with Crippen molar-refractivity contribution in [1.82, 2.24) is 0 Å². The minimum atomic E-state index is -4.81. The molecule has 0 aliphatic heterocycles. The number of ketones is 1. The summed E-state index contributed by atoms with van der Waals surface area (Å²) in [5, 5.41) is 27.4. The monoisotopic (exact) mass is 276 g/mol. The van der Waals surface area contributed by atoms with E-state index in [9.17, 15) is 9.36 Å². The largest absolute Gasteiger partial charge is 0.470 e. The number of hydrogen-bond acceptors (Lipinski definition) is 7. The Labute approximate surface area is 96.5 Å². The smallest absolute Gasteiger partial charge is 0.389 e. The highest BCUT2D eigenvalue weighted by Crippen LogP contribution is 2.35. The number of phosphoric ester groups is 1. The summed E-state index contributed by atoms with van der Waals surface area (Å²) < 4.78 is 14.1. The summed E-state index contributed by atoms with van der Waals surface area (Å²) in [6.07, 6.45) is -5.21. The van der Waals surface area contributed by atoms with E-state index in [2.05, 4.69) is 17.2 Å². The first-order chi connectivity index (χ1) is 7.19. The number of hydrogen-bond donors (Lipinski definition) is 6. The van der Waals surface area contributed by atoms with Gasteiger partial charge in [0, 0.05) is 5.75 Å². The molecule has 0 unspecified atom stereocenters. The lowest BCUT2D eigenvalue weighted by Crippen LogP contribution is -2.44. The van der Waals surface area contributed by atoms with Gasteiger partial charge in [0.1, 0.15) is 18.8 Å². The first kappa shape index (κ1) is 16.0. The second-order valence-corrected chi connectivity index (χ2v) is 4.52. The number of aliphatic hydroxyl groups excluding tert-OH is 3. The average Bonchev–Trinajstić information content (AvgIpc) is 2.21. The Morgan fingerprint density at radius 1 is 1.31 bits per heavy atom. The van der Waals surface area contributed by atoms with Gasteiger partial charge in [-0.15, -0.1) is 0 Å². The normalized spacial score (nSPS) is 17.9. The van der Waals surface area contributed by atoms with Crippen molar-refractivity contribution in [1.29, 1.82) is 0 Å². The van der Waals surface area contributed by atoms with E-state index in [4.69, 9.17) is 25.1 Å². The SMILES string of the molecule is O=C(COP(=O)(O)O)[C@@H](O)[C@@H](O)[C@@H](O)CS. The zero-order valence-corrected chi connectivity index (χ0v) is 9.79. The first-order valence-corrected chi connectivity index (χ1v) is 6.23. The van der Waals surface area contributed by atoms with Crippen molar-refractivity contribution in [2.24, 2.45) is 0 Å². The van der Waals surface area contributed by atoms with E-state index >= 15 is 0 Å². The average molecular weight is 276 g/mol. The first-order valence-electron chi connectivity index (χ1n) is 4.07. The van der Waals surface area contributed by atoms with Gasteiger partial charge >= 0.3 is 7.82 Å². The van der Waals surface area contributed by atoms with E-state index < -0.39 is 38.5 Å². The topological polar surface area (TPSA) is 145 Å². The van der Waals surface area contributed by atoms with Gasteiger partial charge in [-0.05, 0) is 0 Å². The Morgan fingerprint density at radius 3 is 2.19 bits per heavy atom. The van der Waals surface area contributed by atoms with Gasteiger partial charge in [-0.2, -0.15) is 12.6 Å². The van der Waals surface area contributed by atoms with Crippen molar-refractivity contribution >= 4 is 26.2 Å². The van der Waals surface area contributed by atoms with Gasteiger partial charge in [-0.25, -0.2) is 4.57 Å². The van der Waals surface area contributed by atoms with Crippen LogP contribution in [0.25, 0.3) is 0 Å². The van der Waals surface area contributed by atoms with E-state index in [-0.39, 0.29) is 5.75 Å². The van der Waals surface area contributed by atoms with Crippen LogP contribution in [0.15, 0.2) is 0 Å². The molecule has 0 aromatic heterocycles. The fourth-order valence-corrected chi connectivity index (χ4v) is 1.25. The number of thiol groups is 1. The van der Waals surface area contributed by atoms with Gasteiger partial charge in [0.2, 0.25) is 0 Å². The number of rotatable bonds is 7. The van der Waals surface area contributed by atoms with Crippen LogP contribution < -0.4 is 0 Å². The zero-order valence-electron chi connectivity index (χ0n) is 8.00. The quantitative estimate of drug-likeness (QED) is 0.224. The molecule has 5 N–H and O–H groups in total. The molecule has 10 heteroatoms. The standard InChI is InChI=1S/C6H13O8PS/c7-3(1-14-15(11,12)13)5(9)6(10)4(8)2-16/h4-6,8-10,16H,1-2H2,(H2,11,12,13)/t4-,5+,6-/m0/s1. The molecule has 0 heterocycles. The third-order valence-electron chi connectivity index (χ3n) is 1.61. The van der Waals surface area contributed by atoms with Crippen LogP contribution in [0.4, 0.5) is 0 Å². The van der Waals surface area contributed by atoms with Crippen LogP contribution in [0.2, 0.25) is 0 Å². The maximum Gasteiger partial charge on any atom is 0.470 e. The van der Waals surface area contributed by atoms with E-state index in [0.29, 0.717) is 0 Å². The van der Waals surface area contributed by atoms with Crippen molar-refractivity contribution in [2.75, 3.05) is 12.4 Å². The van der Waals surface area contributed by atoms with Gasteiger partial charge in [-0.1, -0.05) is 0 Å². The summed E-state index contributed by atoms with van der Waals surface area (Å²) >= 11 is 3.63. The summed E-state index contributed by atoms with van der Waals surface area (Å²) in [5.41, 5.74) is 0. The number of Topliss-reactive ketones (excluding diaryl/α,β-unsaturated/α-hetero) is 1. The van der Waals surface area contributed by atoms with Crippen LogP contribution in [-0.4, -0.2) is 61.6 Å². The molecule has 0 radical (unpaired) electrons. The third kappa shape index (κ3) is 5.92. The molecule has 96 valence electrons. The second kappa shape index (κ2) is 6.67. The van der Waals surface area contributed by atoms with Gasteiger partial charge < -0.3 is 25.1 Å². The lowest BCUT2D eigenvalue weighted by atomic mass is 10.1. The van der Waals surface area contributed by atoms with Crippen LogP contribution in [0.1, 0.15) is 0 Å². The van der Waals surface area contributed by atoms with E-state index in [1.165, 1.54) is 0 Å². The van der Waals surface area contributed by atoms with E-state index in [1.54, 1.807) is 0 Å². The lowest BCUT2D eigenvalue weighted by Gasteiger charge is -2.20. The molecule has 3 atom stereocenters. The van der Waals surface area contributed by atoms with Crippen molar-refractivity contribution in [3.05, 3.63) is 0 Å². The lowest BCUT2D eigenvalue weighted by molar-refractivity contribution is -0.140. The molecule has 0 aromatic carbocycles. The molecule has 0 spiro atoms. The Morgan fingerprint density at radius 2 is 1.81 bits per heavy atom. The van der Waals surface area contributed by atoms with Gasteiger partial charge in [-0.3, -0.25) is 9.32 Å². The molecular formula is C6H13O8PS. The fraction of sp³-hybridized carbons (Fsp3) is 0.833. The van der Waals surface area contributed by atoms with Crippen LogP contribution in [0, 0.1) is 0 Å². The Hall–Kier alpha value is 0.0100. The third-order valence-corrected chi connectivity index (χ3v) is 2.45. The molecule has 0 aliphatic rings. The number of phosphoric acid groups is 1. The predicted molar refractivity (Wildman–Crippen MR) is 54.9 cm³/mol. The maximum atomic E-state index is 11.0. The summed E-state index contributed by atoms with van der Waals surface area (Å²) in [6, 6.07) is 0. The predicted octanol–water partition coefficient (Wildman–Crippen LogP) is -2.32. The highest BCUT2D eigenvalue weighted by molar-refractivity contribution is 7.80. The summed E-state index contributed by atoms with van der Waals surface area (Å²) in [4.78, 5) is 27.6. The second-order valence-electron chi connectivity index (χ2n) is 2.92. The fourth-order valence-electron chi connectivity index (χ4n) is 0.742. The van der Waals surface area contributed by atoms with Gasteiger partial charge in [0.25, 0.3) is 0 Å². The van der Waals surface area contributed by atoms with Crippen LogP contribution in [0.3, 0.4) is 0 Å². The van der Waals surface area contributed by atoms with E-state index in [0.717, 1.165) is 0 Å². The molecule has 0 saturated heterocycles. The van der Waals surface area contributed by atoms with Crippen molar-refractivity contribution < 1.29 is 39.0 Å². The van der Waals surface area contributed by atoms with Crippen molar-refractivity contribution in [3.8, 4) is 0 Å². The number of aliphatic hydroxyl groups is 3. The Bertz CT molecular complexity index is 278. The molecule has 0 amide bonds. The minimum Gasteiger partial charge on any atom is -0.389 e. The van der Waals surface area contributed by atoms with E-state index in [1.807, 2.05) is 0 Å². The molecule has 0 aromatic rings. The highest BCUT2D eigenvalue weighted by Gasteiger charge is 2.30. The van der Waals surface area contributed by atoms with Crippen LogP contribution in [-0.2, 0) is 13.9 Å².